The van der Waals surface area contributed by atoms with E-state index in [9.17, 15) is 0 Å². The summed E-state index contributed by atoms with van der Waals surface area (Å²) in [5, 5.41) is 1.36. The highest BCUT2D eigenvalue weighted by molar-refractivity contribution is 6.30. The van der Waals surface area contributed by atoms with Crippen LogP contribution >= 0.6 is 23.2 Å². The van der Waals surface area contributed by atoms with Crippen molar-refractivity contribution >= 4 is 28.9 Å². The number of ether oxygens (including phenoxy) is 2. The van der Waals surface area contributed by atoms with Crippen LogP contribution in [0.25, 0.3) is 0 Å². The van der Waals surface area contributed by atoms with Crippen LogP contribution in [0.5, 0.6) is 11.5 Å². The summed E-state index contributed by atoms with van der Waals surface area (Å²) in [5.74, 6) is 13.9. The number of halogens is 2. The number of hydrogen-bond donors (Lipinski definition) is 0. The minimum absolute atomic E-state index is 0.310. The summed E-state index contributed by atoms with van der Waals surface area (Å²) in [6.45, 7) is 3.77. The van der Waals surface area contributed by atoms with Gasteiger partial charge in [-0.05, 0) is 67.6 Å². The summed E-state index contributed by atoms with van der Waals surface area (Å²) >= 11 is 11.8. The Morgan fingerprint density at radius 3 is 1.50 bits per heavy atom. The molecule has 0 amide bonds. The lowest BCUT2D eigenvalue weighted by Crippen LogP contribution is -2.24. The number of hydrogen-bond acceptors (Lipinski definition) is 3. The number of rotatable bonds is 7. The van der Waals surface area contributed by atoms with Crippen molar-refractivity contribution in [3.8, 4) is 35.2 Å². The van der Waals surface area contributed by atoms with Crippen molar-refractivity contribution in [2.24, 2.45) is 0 Å². The first kappa shape index (κ1) is 23.4. The van der Waals surface area contributed by atoms with E-state index >= 15 is 0 Å². The summed E-state index contributed by atoms with van der Waals surface area (Å²) in [5.41, 5.74) is 2.27. The molecule has 0 radical (unpaired) electrons. The van der Waals surface area contributed by atoms with Crippen LogP contribution in [0.2, 0.25) is 10.0 Å². The summed E-state index contributed by atoms with van der Waals surface area (Å²) in [6, 6.07) is 22.8. The Morgan fingerprint density at radius 1 is 0.625 bits per heavy atom. The van der Waals surface area contributed by atoms with Crippen molar-refractivity contribution in [3.63, 3.8) is 0 Å². The second-order valence-electron chi connectivity index (χ2n) is 6.88. The maximum atomic E-state index is 5.88. The molecule has 0 aliphatic heterocycles. The lowest BCUT2D eigenvalue weighted by molar-refractivity contribution is 0.370. The van der Waals surface area contributed by atoms with E-state index in [1.54, 1.807) is 24.3 Å². The Hall–Kier alpha value is -3.24. The molecular formula is C27H23Cl2NO2. The van der Waals surface area contributed by atoms with Gasteiger partial charge in [-0.25, -0.2) is 0 Å². The molecule has 0 aromatic heterocycles. The molecular weight excluding hydrogens is 441 g/mol. The third kappa shape index (κ3) is 8.12. The molecule has 0 spiro atoms. The van der Waals surface area contributed by atoms with E-state index in [1.165, 1.54) is 5.56 Å². The van der Waals surface area contributed by atoms with Gasteiger partial charge in [-0.15, -0.1) is 0 Å². The minimum atomic E-state index is 0.310. The monoisotopic (exact) mass is 463 g/mol. The first-order chi connectivity index (χ1) is 15.6. The van der Waals surface area contributed by atoms with E-state index in [0.717, 1.165) is 17.2 Å². The van der Waals surface area contributed by atoms with Crippen LogP contribution in [0, 0.1) is 30.6 Å². The molecule has 162 valence electrons. The highest BCUT2D eigenvalue weighted by Crippen LogP contribution is 2.16. The zero-order chi connectivity index (χ0) is 22.6. The topological polar surface area (TPSA) is 21.7 Å². The fourth-order valence-electron chi connectivity index (χ4n) is 2.70. The lowest BCUT2D eigenvalue weighted by Gasteiger charge is -2.19. The second kappa shape index (κ2) is 12.6. The van der Waals surface area contributed by atoms with E-state index in [2.05, 4.69) is 59.8 Å². The Kier molecular flexibility index (Phi) is 9.20. The van der Waals surface area contributed by atoms with Gasteiger partial charge in [-0.3, -0.25) is 0 Å². The van der Waals surface area contributed by atoms with Gasteiger partial charge in [0, 0.05) is 15.7 Å². The SMILES string of the molecule is Cc1ccc(N(CC#CCOc2ccc(Cl)cc2)CC#CCOc2ccc(Cl)cc2)cc1. The first-order valence-corrected chi connectivity index (χ1v) is 10.9. The van der Waals surface area contributed by atoms with Gasteiger partial charge in [-0.2, -0.15) is 0 Å². The Morgan fingerprint density at radius 2 is 1.06 bits per heavy atom. The molecule has 3 rings (SSSR count). The highest BCUT2D eigenvalue weighted by atomic mass is 35.5. The molecule has 32 heavy (non-hydrogen) atoms. The third-order valence-electron chi connectivity index (χ3n) is 4.44. The zero-order valence-electron chi connectivity index (χ0n) is 17.8. The molecule has 3 nitrogen and oxygen atoms in total. The second-order valence-corrected chi connectivity index (χ2v) is 7.76. The summed E-state index contributed by atoms with van der Waals surface area (Å²) in [6.07, 6.45) is 0. The average Bonchev–Trinajstić information content (AvgIpc) is 2.80. The van der Waals surface area contributed by atoms with Gasteiger partial charge in [-0.1, -0.05) is 64.6 Å². The normalized spacial score (nSPS) is 9.72. The predicted octanol–water partition coefficient (Wildman–Crippen LogP) is 6.27. The van der Waals surface area contributed by atoms with Crippen LogP contribution in [0.4, 0.5) is 5.69 Å². The average molecular weight is 464 g/mol. The lowest BCUT2D eigenvalue weighted by atomic mass is 10.2. The molecule has 5 heteroatoms. The predicted molar refractivity (Wildman–Crippen MR) is 133 cm³/mol. The summed E-state index contributed by atoms with van der Waals surface area (Å²) in [4.78, 5) is 2.12. The van der Waals surface area contributed by atoms with Gasteiger partial charge >= 0.3 is 0 Å². The van der Waals surface area contributed by atoms with E-state index in [0.29, 0.717) is 36.3 Å². The van der Waals surface area contributed by atoms with E-state index in [4.69, 9.17) is 32.7 Å². The van der Waals surface area contributed by atoms with E-state index < -0.39 is 0 Å². The summed E-state index contributed by atoms with van der Waals surface area (Å²) in [7, 11) is 0. The molecule has 0 saturated carbocycles. The van der Waals surface area contributed by atoms with Crippen molar-refractivity contribution in [1.82, 2.24) is 0 Å². The van der Waals surface area contributed by atoms with Crippen molar-refractivity contribution in [2.45, 2.75) is 6.92 Å². The molecule has 0 bridgehead atoms. The maximum absolute atomic E-state index is 5.88. The zero-order valence-corrected chi connectivity index (χ0v) is 19.3. The Labute approximate surface area is 199 Å². The number of aryl methyl sites for hydroxylation is 1. The molecule has 0 atom stereocenters. The molecule has 0 aliphatic rings. The van der Waals surface area contributed by atoms with Gasteiger partial charge < -0.3 is 14.4 Å². The number of anilines is 1. The number of benzene rings is 3. The molecule has 0 fully saturated rings. The Bertz CT molecular complexity index is 1030. The fraction of sp³-hybridized carbons (Fsp3) is 0.185. The quantitative estimate of drug-likeness (QED) is 0.385. The van der Waals surface area contributed by atoms with Gasteiger partial charge in [0.25, 0.3) is 0 Å². The Balaban J connectivity index is 1.53. The van der Waals surface area contributed by atoms with Crippen molar-refractivity contribution in [2.75, 3.05) is 31.2 Å². The highest BCUT2D eigenvalue weighted by Gasteiger charge is 2.03. The third-order valence-corrected chi connectivity index (χ3v) is 4.94. The molecule has 3 aromatic carbocycles. The largest absolute Gasteiger partial charge is 0.481 e. The maximum Gasteiger partial charge on any atom is 0.149 e. The van der Waals surface area contributed by atoms with E-state index in [-0.39, 0.29) is 0 Å². The van der Waals surface area contributed by atoms with E-state index in [1.807, 2.05) is 24.3 Å². The van der Waals surface area contributed by atoms with Crippen LogP contribution < -0.4 is 14.4 Å². The minimum Gasteiger partial charge on any atom is -0.481 e. The van der Waals surface area contributed by atoms with Gasteiger partial charge in [0.05, 0.1) is 13.1 Å². The number of nitrogens with zero attached hydrogens (tertiary/aromatic N) is 1. The molecule has 3 aromatic rings. The van der Waals surface area contributed by atoms with Gasteiger partial charge in [0.1, 0.15) is 24.7 Å². The van der Waals surface area contributed by atoms with Crippen LogP contribution in [-0.4, -0.2) is 26.3 Å². The first-order valence-electron chi connectivity index (χ1n) is 10.1. The fourth-order valence-corrected chi connectivity index (χ4v) is 2.95. The van der Waals surface area contributed by atoms with Crippen LogP contribution in [0.15, 0.2) is 72.8 Å². The molecule has 0 unspecified atom stereocenters. The standard InChI is InChI=1S/C27H23Cl2NO2/c1-22-6-12-25(13-7-22)30(18-2-4-20-31-26-14-8-23(28)9-15-26)19-3-5-21-32-27-16-10-24(29)11-17-27/h6-17H,18-21H2,1H3. The smallest absolute Gasteiger partial charge is 0.149 e. The molecule has 0 N–H and O–H groups in total. The van der Waals surface area contributed by atoms with Crippen LogP contribution in [-0.2, 0) is 0 Å². The van der Waals surface area contributed by atoms with Crippen molar-refractivity contribution in [1.29, 1.82) is 0 Å². The summed E-state index contributed by atoms with van der Waals surface area (Å²) < 4.78 is 11.2. The molecule has 0 aliphatic carbocycles. The molecule has 0 saturated heterocycles. The van der Waals surface area contributed by atoms with Crippen LogP contribution in [0.3, 0.4) is 0 Å². The van der Waals surface area contributed by atoms with Crippen molar-refractivity contribution < 1.29 is 9.47 Å². The van der Waals surface area contributed by atoms with Gasteiger partial charge in [0.15, 0.2) is 0 Å². The molecule has 0 heterocycles. The van der Waals surface area contributed by atoms with Crippen molar-refractivity contribution in [3.05, 3.63) is 88.4 Å². The van der Waals surface area contributed by atoms with Crippen LogP contribution in [0.1, 0.15) is 5.56 Å². The van der Waals surface area contributed by atoms with Gasteiger partial charge in [0.2, 0.25) is 0 Å².